The monoisotopic (exact) mass is 415 g/mol. The van der Waals surface area contributed by atoms with Crippen LogP contribution in [0.25, 0.3) is 0 Å². The minimum atomic E-state index is -3.44. The van der Waals surface area contributed by atoms with Gasteiger partial charge in [0.05, 0.1) is 10.9 Å². The molecule has 0 aromatic heterocycles. The Balaban J connectivity index is 1.60. The van der Waals surface area contributed by atoms with Crippen LogP contribution in [0.1, 0.15) is 30.9 Å². The number of anilines is 1. The largest absolute Gasteiger partial charge is 0.325 e. The van der Waals surface area contributed by atoms with E-state index in [-0.39, 0.29) is 16.8 Å². The second-order valence-electron chi connectivity index (χ2n) is 7.70. The molecule has 1 N–H and O–H groups in total. The van der Waals surface area contributed by atoms with Crippen LogP contribution in [0.3, 0.4) is 0 Å². The first kappa shape index (κ1) is 21.5. The Labute approximate surface area is 173 Å². The van der Waals surface area contributed by atoms with Crippen molar-refractivity contribution in [3.63, 3.8) is 0 Å². The van der Waals surface area contributed by atoms with Crippen molar-refractivity contribution in [1.82, 2.24) is 9.21 Å². The summed E-state index contributed by atoms with van der Waals surface area (Å²) in [5.41, 5.74) is 2.94. The number of benzene rings is 2. The molecule has 1 fully saturated rings. The lowest BCUT2D eigenvalue weighted by Gasteiger charge is -2.24. The first-order chi connectivity index (χ1) is 13.8. The molecule has 0 saturated carbocycles. The molecule has 0 bridgehead atoms. The van der Waals surface area contributed by atoms with Gasteiger partial charge >= 0.3 is 0 Å². The third-order valence-corrected chi connectivity index (χ3v) is 7.33. The third-order valence-electron chi connectivity index (χ3n) is 5.42. The number of hydrogen-bond donors (Lipinski definition) is 1. The summed E-state index contributed by atoms with van der Waals surface area (Å²) in [5, 5.41) is 2.88. The van der Waals surface area contributed by atoms with Gasteiger partial charge in [0, 0.05) is 25.3 Å². The first-order valence-corrected chi connectivity index (χ1v) is 11.4. The van der Waals surface area contributed by atoms with Gasteiger partial charge in [0.25, 0.3) is 0 Å². The molecule has 1 aliphatic heterocycles. The highest BCUT2D eigenvalue weighted by Crippen LogP contribution is 2.22. The maximum absolute atomic E-state index is 12.6. The zero-order valence-corrected chi connectivity index (χ0v) is 18.1. The van der Waals surface area contributed by atoms with Gasteiger partial charge < -0.3 is 5.32 Å². The molecule has 1 amide bonds. The molecular formula is C22H29N3O3S. The van der Waals surface area contributed by atoms with Crippen molar-refractivity contribution in [3.8, 4) is 0 Å². The highest BCUT2D eigenvalue weighted by Gasteiger charge is 2.27. The average Bonchev–Trinajstić information content (AvgIpc) is 3.25. The molecule has 1 saturated heterocycles. The van der Waals surface area contributed by atoms with Gasteiger partial charge in [-0.05, 0) is 63.6 Å². The number of likely N-dealkylation sites (N-methyl/N-ethyl adjacent to an activating group) is 1. The lowest BCUT2D eigenvalue weighted by molar-refractivity contribution is -0.120. The van der Waals surface area contributed by atoms with E-state index in [2.05, 4.69) is 29.6 Å². The Morgan fingerprint density at radius 3 is 2.24 bits per heavy atom. The van der Waals surface area contributed by atoms with E-state index < -0.39 is 10.0 Å². The van der Waals surface area contributed by atoms with Crippen LogP contribution in [-0.4, -0.2) is 49.7 Å². The van der Waals surface area contributed by atoms with Gasteiger partial charge in [-0.1, -0.05) is 29.8 Å². The number of carbonyl (C=O) groups excluding carboxylic acids is 1. The van der Waals surface area contributed by atoms with Crippen molar-refractivity contribution in [2.24, 2.45) is 0 Å². The number of aryl methyl sites for hydroxylation is 1. The molecule has 0 spiro atoms. The van der Waals surface area contributed by atoms with E-state index in [0.717, 1.165) is 18.4 Å². The van der Waals surface area contributed by atoms with Crippen molar-refractivity contribution in [2.75, 3.05) is 25.5 Å². The molecule has 1 aliphatic rings. The van der Waals surface area contributed by atoms with E-state index >= 15 is 0 Å². The van der Waals surface area contributed by atoms with Crippen molar-refractivity contribution in [1.29, 1.82) is 0 Å². The fourth-order valence-electron chi connectivity index (χ4n) is 3.35. The fraction of sp³-hybridized carbons (Fsp3) is 0.409. The van der Waals surface area contributed by atoms with Gasteiger partial charge in [0.15, 0.2) is 0 Å². The lowest BCUT2D eigenvalue weighted by atomic mass is 10.1. The van der Waals surface area contributed by atoms with Crippen LogP contribution >= 0.6 is 0 Å². The number of rotatable bonds is 7. The highest BCUT2D eigenvalue weighted by molar-refractivity contribution is 7.89. The Morgan fingerprint density at radius 2 is 1.66 bits per heavy atom. The second-order valence-corrected chi connectivity index (χ2v) is 9.64. The summed E-state index contributed by atoms with van der Waals surface area (Å²) in [7, 11) is -1.53. The Kier molecular flexibility index (Phi) is 6.72. The Hall–Kier alpha value is -2.22. The topological polar surface area (TPSA) is 69.7 Å². The number of amides is 1. The zero-order valence-electron chi connectivity index (χ0n) is 17.3. The van der Waals surface area contributed by atoms with E-state index in [1.807, 2.05) is 25.8 Å². The van der Waals surface area contributed by atoms with Crippen LogP contribution in [0, 0.1) is 6.92 Å². The van der Waals surface area contributed by atoms with Gasteiger partial charge in [-0.3, -0.25) is 9.69 Å². The maximum Gasteiger partial charge on any atom is 0.243 e. The fourth-order valence-corrected chi connectivity index (χ4v) is 4.87. The molecule has 6 nitrogen and oxygen atoms in total. The summed E-state index contributed by atoms with van der Waals surface area (Å²) in [6, 6.07) is 14.3. The molecular weight excluding hydrogens is 386 g/mol. The molecule has 0 unspecified atom stereocenters. The molecule has 0 aliphatic carbocycles. The SMILES string of the molecule is Cc1ccc(CN(C)[C@H](C)C(=O)Nc2ccc(S(=O)(=O)N3CCCC3)cc2)cc1. The van der Waals surface area contributed by atoms with Crippen LogP contribution in [0.4, 0.5) is 5.69 Å². The smallest absolute Gasteiger partial charge is 0.243 e. The van der Waals surface area contributed by atoms with Crippen molar-refractivity contribution >= 4 is 21.6 Å². The predicted molar refractivity (Wildman–Crippen MR) is 115 cm³/mol. The molecule has 3 rings (SSSR count). The summed E-state index contributed by atoms with van der Waals surface area (Å²) in [6.07, 6.45) is 1.81. The molecule has 0 radical (unpaired) electrons. The maximum atomic E-state index is 12.6. The number of sulfonamides is 1. The molecule has 2 aromatic carbocycles. The van der Waals surface area contributed by atoms with Gasteiger partial charge in [0.1, 0.15) is 0 Å². The van der Waals surface area contributed by atoms with Crippen LogP contribution in [-0.2, 0) is 21.4 Å². The van der Waals surface area contributed by atoms with Gasteiger partial charge in [-0.2, -0.15) is 4.31 Å². The summed E-state index contributed by atoms with van der Waals surface area (Å²) in [4.78, 5) is 14.9. The summed E-state index contributed by atoms with van der Waals surface area (Å²) < 4.78 is 26.7. The molecule has 1 atom stereocenters. The van der Waals surface area contributed by atoms with E-state index in [0.29, 0.717) is 25.3 Å². The molecule has 156 valence electrons. The summed E-state index contributed by atoms with van der Waals surface area (Å²) in [6.45, 7) is 5.72. The average molecular weight is 416 g/mol. The predicted octanol–water partition coefficient (Wildman–Crippen LogP) is 3.24. The van der Waals surface area contributed by atoms with Crippen LogP contribution in [0.5, 0.6) is 0 Å². The van der Waals surface area contributed by atoms with Crippen LogP contribution in [0.15, 0.2) is 53.4 Å². The van der Waals surface area contributed by atoms with Crippen LogP contribution < -0.4 is 5.32 Å². The number of nitrogens with zero attached hydrogens (tertiary/aromatic N) is 2. The van der Waals surface area contributed by atoms with Gasteiger partial charge in [0.2, 0.25) is 15.9 Å². The Morgan fingerprint density at radius 1 is 1.07 bits per heavy atom. The number of nitrogens with one attached hydrogen (secondary N) is 1. The normalized spacial score (nSPS) is 16.1. The number of carbonyl (C=O) groups is 1. The van der Waals surface area contributed by atoms with E-state index in [4.69, 9.17) is 0 Å². The quantitative estimate of drug-likeness (QED) is 0.754. The van der Waals surface area contributed by atoms with E-state index in [1.54, 1.807) is 24.3 Å². The molecule has 29 heavy (non-hydrogen) atoms. The van der Waals surface area contributed by atoms with Crippen molar-refractivity contribution in [2.45, 2.75) is 44.2 Å². The third kappa shape index (κ3) is 5.23. The summed E-state index contributed by atoms with van der Waals surface area (Å²) >= 11 is 0. The van der Waals surface area contributed by atoms with Gasteiger partial charge in [-0.15, -0.1) is 0 Å². The van der Waals surface area contributed by atoms with Gasteiger partial charge in [-0.25, -0.2) is 8.42 Å². The van der Waals surface area contributed by atoms with E-state index in [1.165, 1.54) is 9.87 Å². The zero-order chi connectivity index (χ0) is 21.0. The summed E-state index contributed by atoms with van der Waals surface area (Å²) in [5.74, 6) is -0.130. The molecule has 1 heterocycles. The Bertz CT molecular complexity index is 934. The molecule has 7 heteroatoms. The lowest BCUT2D eigenvalue weighted by Crippen LogP contribution is -2.39. The van der Waals surface area contributed by atoms with E-state index in [9.17, 15) is 13.2 Å². The van der Waals surface area contributed by atoms with Crippen molar-refractivity contribution in [3.05, 3.63) is 59.7 Å². The number of hydrogen-bond acceptors (Lipinski definition) is 4. The van der Waals surface area contributed by atoms with Crippen molar-refractivity contribution < 1.29 is 13.2 Å². The second kappa shape index (κ2) is 9.07. The highest BCUT2D eigenvalue weighted by atomic mass is 32.2. The molecule has 2 aromatic rings. The standard InChI is InChI=1S/C22H29N3O3S/c1-17-6-8-19(9-7-17)16-24(3)18(2)22(26)23-20-10-12-21(13-11-20)29(27,28)25-14-4-5-15-25/h6-13,18H,4-5,14-16H2,1-3H3,(H,23,26)/t18-/m1/s1. The minimum absolute atomic E-state index is 0.130. The minimum Gasteiger partial charge on any atom is -0.325 e. The first-order valence-electron chi connectivity index (χ1n) is 9.94. The van der Waals surface area contributed by atoms with Crippen LogP contribution in [0.2, 0.25) is 0 Å².